The van der Waals surface area contributed by atoms with Crippen LogP contribution in [-0.4, -0.2) is 20.1 Å². The summed E-state index contributed by atoms with van der Waals surface area (Å²) in [7, 11) is 3.07. The minimum Gasteiger partial charge on any atom is -0.495 e. The molecule has 0 saturated carbocycles. The van der Waals surface area contributed by atoms with E-state index in [0.29, 0.717) is 28.1 Å². The lowest BCUT2D eigenvalue weighted by Gasteiger charge is -2.16. The molecule has 0 spiro atoms. The van der Waals surface area contributed by atoms with Crippen molar-refractivity contribution in [2.75, 3.05) is 19.5 Å². The third-order valence-corrected chi connectivity index (χ3v) is 4.54. The van der Waals surface area contributed by atoms with Crippen molar-refractivity contribution in [2.24, 2.45) is 5.92 Å². The molecule has 0 aliphatic rings. The van der Waals surface area contributed by atoms with Crippen LogP contribution in [0, 0.1) is 5.92 Å². The summed E-state index contributed by atoms with van der Waals surface area (Å²) in [6.45, 7) is 6.26. The van der Waals surface area contributed by atoms with Crippen LogP contribution < -0.4 is 14.8 Å². The van der Waals surface area contributed by atoms with Gasteiger partial charge in [0.15, 0.2) is 0 Å². The normalized spacial score (nSPS) is 12.0. The van der Waals surface area contributed by atoms with E-state index in [1.807, 2.05) is 19.1 Å². The van der Waals surface area contributed by atoms with E-state index in [9.17, 15) is 4.79 Å². The highest BCUT2D eigenvalue weighted by molar-refractivity contribution is 6.32. The first-order valence-electron chi connectivity index (χ1n) is 8.67. The second-order valence-electron chi connectivity index (χ2n) is 6.74. The first-order valence-corrected chi connectivity index (χ1v) is 9.04. The van der Waals surface area contributed by atoms with E-state index in [2.05, 4.69) is 31.3 Å². The SMILES string of the molecule is COc1cc(OC)c(NC(=O)C(C)c2ccc(CC(C)C)cc2)cc1Cl. The van der Waals surface area contributed by atoms with Crippen molar-refractivity contribution in [3.63, 3.8) is 0 Å². The fraction of sp³-hybridized carbons (Fsp3) is 0.381. The van der Waals surface area contributed by atoms with Crippen LogP contribution in [0.4, 0.5) is 5.69 Å². The average molecular weight is 376 g/mol. The van der Waals surface area contributed by atoms with Crippen molar-refractivity contribution in [2.45, 2.75) is 33.1 Å². The number of halogens is 1. The smallest absolute Gasteiger partial charge is 0.231 e. The summed E-state index contributed by atoms with van der Waals surface area (Å²) in [5, 5.41) is 3.31. The molecule has 2 rings (SSSR count). The molecule has 2 aromatic carbocycles. The first kappa shape index (κ1) is 20.1. The van der Waals surface area contributed by atoms with E-state index in [4.69, 9.17) is 21.1 Å². The van der Waals surface area contributed by atoms with Crippen LogP contribution in [0.25, 0.3) is 0 Å². The molecule has 140 valence electrons. The van der Waals surface area contributed by atoms with Gasteiger partial charge in [-0.3, -0.25) is 4.79 Å². The molecule has 26 heavy (non-hydrogen) atoms. The van der Waals surface area contributed by atoms with Crippen molar-refractivity contribution in [1.82, 2.24) is 0 Å². The molecule has 1 amide bonds. The third-order valence-electron chi connectivity index (χ3n) is 4.25. The number of carbonyl (C=O) groups excluding carboxylic acids is 1. The Bertz CT molecular complexity index is 757. The van der Waals surface area contributed by atoms with Gasteiger partial charge in [0.25, 0.3) is 0 Å². The van der Waals surface area contributed by atoms with Crippen LogP contribution in [0.2, 0.25) is 5.02 Å². The highest BCUT2D eigenvalue weighted by Crippen LogP contribution is 2.36. The van der Waals surface area contributed by atoms with Crippen molar-refractivity contribution in [1.29, 1.82) is 0 Å². The summed E-state index contributed by atoms with van der Waals surface area (Å²) < 4.78 is 10.5. The molecule has 2 aromatic rings. The van der Waals surface area contributed by atoms with Gasteiger partial charge in [0.2, 0.25) is 5.91 Å². The van der Waals surface area contributed by atoms with Gasteiger partial charge in [0.05, 0.1) is 30.8 Å². The second-order valence-corrected chi connectivity index (χ2v) is 7.14. The number of hydrogen-bond acceptors (Lipinski definition) is 3. The van der Waals surface area contributed by atoms with E-state index in [1.165, 1.54) is 19.8 Å². The molecule has 0 fully saturated rings. The number of ether oxygens (including phenoxy) is 2. The number of carbonyl (C=O) groups is 1. The predicted molar refractivity (Wildman–Crippen MR) is 107 cm³/mol. The monoisotopic (exact) mass is 375 g/mol. The highest BCUT2D eigenvalue weighted by atomic mass is 35.5. The minimum atomic E-state index is -0.298. The molecule has 0 aliphatic carbocycles. The Balaban J connectivity index is 2.15. The number of anilines is 1. The van der Waals surface area contributed by atoms with E-state index in [0.717, 1.165) is 12.0 Å². The van der Waals surface area contributed by atoms with Gasteiger partial charge in [0, 0.05) is 6.07 Å². The molecular weight excluding hydrogens is 350 g/mol. The van der Waals surface area contributed by atoms with Gasteiger partial charge in [-0.2, -0.15) is 0 Å². The zero-order valence-corrected chi connectivity index (χ0v) is 16.7. The number of rotatable bonds is 7. The van der Waals surface area contributed by atoms with Crippen molar-refractivity contribution < 1.29 is 14.3 Å². The number of hydrogen-bond donors (Lipinski definition) is 1. The maximum absolute atomic E-state index is 12.7. The van der Waals surface area contributed by atoms with Gasteiger partial charge in [-0.25, -0.2) is 0 Å². The summed E-state index contributed by atoms with van der Waals surface area (Å²) in [4.78, 5) is 12.7. The molecule has 0 aromatic heterocycles. The largest absolute Gasteiger partial charge is 0.495 e. The predicted octanol–water partition coefficient (Wildman–Crippen LogP) is 5.30. The zero-order chi connectivity index (χ0) is 19.3. The Morgan fingerprint density at radius 1 is 1.04 bits per heavy atom. The quantitative estimate of drug-likeness (QED) is 0.714. The molecule has 0 aliphatic heterocycles. The Labute approximate surface area is 160 Å². The lowest BCUT2D eigenvalue weighted by molar-refractivity contribution is -0.117. The fourth-order valence-corrected chi connectivity index (χ4v) is 3.00. The van der Waals surface area contributed by atoms with E-state index >= 15 is 0 Å². The number of methoxy groups -OCH3 is 2. The molecular formula is C21H26ClNO3. The van der Waals surface area contributed by atoms with E-state index in [-0.39, 0.29) is 11.8 Å². The highest BCUT2D eigenvalue weighted by Gasteiger charge is 2.18. The molecule has 5 heteroatoms. The summed E-state index contributed by atoms with van der Waals surface area (Å²) in [6.07, 6.45) is 1.03. The molecule has 1 unspecified atom stereocenters. The maximum Gasteiger partial charge on any atom is 0.231 e. The van der Waals surface area contributed by atoms with Crippen molar-refractivity contribution in [3.05, 3.63) is 52.5 Å². The van der Waals surface area contributed by atoms with Gasteiger partial charge in [-0.05, 0) is 36.5 Å². The standard InChI is InChI=1S/C21H26ClNO3/c1-13(2)10-15-6-8-16(9-7-15)14(3)21(24)23-18-11-17(22)19(25-4)12-20(18)26-5/h6-9,11-14H,10H2,1-5H3,(H,23,24). The minimum absolute atomic E-state index is 0.124. The third kappa shape index (κ3) is 4.92. The molecule has 0 bridgehead atoms. The lowest BCUT2D eigenvalue weighted by Crippen LogP contribution is -2.19. The summed E-state index contributed by atoms with van der Waals surface area (Å²) in [5.41, 5.74) is 2.76. The van der Waals surface area contributed by atoms with E-state index in [1.54, 1.807) is 12.1 Å². The molecule has 4 nitrogen and oxygen atoms in total. The summed E-state index contributed by atoms with van der Waals surface area (Å²) >= 11 is 6.17. The van der Waals surface area contributed by atoms with Crippen LogP contribution in [0.3, 0.4) is 0 Å². The van der Waals surface area contributed by atoms with Crippen molar-refractivity contribution in [3.8, 4) is 11.5 Å². The summed E-state index contributed by atoms with van der Waals surface area (Å²) in [6, 6.07) is 11.5. The van der Waals surface area contributed by atoms with Crippen LogP contribution in [0.5, 0.6) is 11.5 Å². The van der Waals surface area contributed by atoms with Crippen LogP contribution in [-0.2, 0) is 11.2 Å². The number of amides is 1. The van der Waals surface area contributed by atoms with Gasteiger partial charge < -0.3 is 14.8 Å². The van der Waals surface area contributed by atoms with Gasteiger partial charge in [-0.15, -0.1) is 0 Å². The zero-order valence-electron chi connectivity index (χ0n) is 15.9. The molecule has 1 N–H and O–H groups in total. The summed E-state index contributed by atoms with van der Waals surface area (Å²) in [5.74, 6) is 1.18. The van der Waals surface area contributed by atoms with Crippen LogP contribution in [0.15, 0.2) is 36.4 Å². The Kier molecular flexibility index (Phi) is 6.92. The van der Waals surface area contributed by atoms with Crippen LogP contribution in [0.1, 0.15) is 37.8 Å². The molecule has 0 radical (unpaired) electrons. The molecule has 0 heterocycles. The van der Waals surface area contributed by atoms with Gasteiger partial charge in [-0.1, -0.05) is 49.7 Å². The maximum atomic E-state index is 12.7. The van der Waals surface area contributed by atoms with Crippen LogP contribution >= 0.6 is 11.6 Å². The molecule has 0 saturated heterocycles. The number of nitrogens with one attached hydrogen (secondary N) is 1. The Morgan fingerprint density at radius 2 is 1.65 bits per heavy atom. The average Bonchev–Trinajstić information content (AvgIpc) is 2.61. The van der Waals surface area contributed by atoms with Gasteiger partial charge >= 0.3 is 0 Å². The Morgan fingerprint density at radius 3 is 2.19 bits per heavy atom. The molecule has 1 atom stereocenters. The Hall–Kier alpha value is -2.20. The lowest BCUT2D eigenvalue weighted by atomic mass is 9.96. The second kappa shape index (κ2) is 8.95. The number of benzene rings is 2. The van der Waals surface area contributed by atoms with Gasteiger partial charge in [0.1, 0.15) is 11.5 Å². The fourth-order valence-electron chi connectivity index (χ4n) is 2.76. The van der Waals surface area contributed by atoms with E-state index < -0.39 is 0 Å². The first-order chi connectivity index (χ1) is 12.3. The van der Waals surface area contributed by atoms with Crippen molar-refractivity contribution >= 4 is 23.2 Å². The topological polar surface area (TPSA) is 47.6 Å².